The minimum absolute atomic E-state index is 0.132. The van der Waals surface area contributed by atoms with Crippen molar-refractivity contribution in [2.24, 2.45) is 7.05 Å². The lowest BCUT2D eigenvalue weighted by Crippen LogP contribution is -2.42. The van der Waals surface area contributed by atoms with E-state index >= 15 is 0 Å². The van der Waals surface area contributed by atoms with E-state index in [1.165, 1.54) is 30.6 Å². The molecule has 1 aromatic carbocycles. The third-order valence-corrected chi connectivity index (χ3v) is 4.72. The Hall–Kier alpha value is -3.95. The van der Waals surface area contributed by atoms with Gasteiger partial charge in [0.25, 0.3) is 11.8 Å². The van der Waals surface area contributed by atoms with Crippen LogP contribution in [0.5, 0.6) is 17.4 Å². The Morgan fingerprint density at radius 3 is 2.53 bits per heavy atom. The van der Waals surface area contributed by atoms with Gasteiger partial charge in [0.2, 0.25) is 5.88 Å². The van der Waals surface area contributed by atoms with Crippen LogP contribution in [0.3, 0.4) is 0 Å². The van der Waals surface area contributed by atoms with Crippen molar-refractivity contribution in [3.8, 4) is 17.4 Å². The average molecular weight is 408 g/mol. The molecule has 4 rings (SSSR count). The van der Waals surface area contributed by atoms with Crippen LogP contribution < -0.4 is 10.1 Å². The number of phenols is 1. The van der Waals surface area contributed by atoms with Crippen LogP contribution in [-0.4, -0.2) is 54.7 Å². The number of carbonyl (C=O) groups excluding carboxylic acids is 2. The highest BCUT2D eigenvalue weighted by atomic mass is 16.5. The van der Waals surface area contributed by atoms with Crippen molar-refractivity contribution in [2.75, 3.05) is 18.4 Å². The van der Waals surface area contributed by atoms with Gasteiger partial charge in [-0.3, -0.25) is 14.3 Å². The van der Waals surface area contributed by atoms with Crippen molar-refractivity contribution < 1.29 is 19.4 Å². The number of benzene rings is 1. The van der Waals surface area contributed by atoms with Gasteiger partial charge in [-0.1, -0.05) is 0 Å². The SMILES string of the molecule is Cc1cc(NC(=O)c2cc(O)cc(Oc3cnc(C(=O)N4CCC4)cn3)c2)nn1C. The van der Waals surface area contributed by atoms with Crippen LogP contribution in [-0.2, 0) is 7.05 Å². The van der Waals surface area contributed by atoms with Gasteiger partial charge < -0.3 is 20.1 Å². The topological polar surface area (TPSA) is 122 Å². The Kier molecular flexibility index (Phi) is 5.05. The van der Waals surface area contributed by atoms with Gasteiger partial charge in [-0.2, -0.15) is 5.10 Å². The summed E-state index contributed by atoms with van der Waals surface area (Å²) in [7, 11) is 1.77. The monoisotopic (exact) mass is 408 g/mol. The van der Waals surface area contributed by atoms with E-state index in [1.807, 2.05) is 6.92 Å². The molecule has 10 heteroatoms. The number of likely N-dealkylation sites (tertiary alicyclic amines) is 1. The summed E-state index contributed by atoms with van der Waals surface area (Å²) in [5, 5.41) is 16.8. The van der Waals surface area contributed by atoms with Crippen LogP contribution in [0, 0.1) is 6.92 Å². The molecule has 10 nitrogen and oxygen atoms in total. The molecule has 30 heavy (non-hydrogen) atoms. The lowest BCUT2D eigenvalue weighted by atomic mass is 10.2. The molecule has 0 bridgehead atoms. The highest BCUT2D eigenvalue weighted by molar-refractivity contribution is 6.04. The molecule has 0 unspecified atom stereocenters. The summed E-state index contributed by atoms with van der Waals surface area (Å²) in [5.74, 6) is -0.0238. The number of rotatable bonds is 5. The van der Waals surface area contributed by atoms with Crippen LogP contribution in [0.4, 0.5) is 5.82 Å². The summed E-state index contributed by atoms with van der Waals surface area (Å²) in [6.45, 7) is 3.32. The normalized spacial score (nSPS) is 12.9. The quantitative estimate of drug-likeness (QED) is 0.663. The summed E-state index contributed by atoms with van der Waals surface area (Å²) in [6.07, 6.45) is 3.66. The fourth-order valence-corrected chi connectivity index (χ4v) is 2.86. The van der Waals surface area contributed by atoms with Crippen LogP contribution in [0.2, 0.25) is 0 Å². The van der Waals surface area contributed by atoms with Gasteiger partial charge in [-0.05, 0) is 25.5 Å². The second-order valence-electron chi connectivity index (χ2n) is 6.95. The van der Waals surface area contributed by atoms with E-state index in [1.54, 1.807) is 22.7 Å². The number of ether oxygens (including phenoxy) is 1. The molecule has 0 saturated carbocycles. The fourth-order valence-electron chi connectivity index (χ4n) is 2.86. The smallest absolute Gasteiger partial charge is 0.274 e. The van der Waals surface area contributed by atoms with Crippen molar-refractivity contribution in [1.82, 2.24) is 24.6 Å². The largest absolute Gasteiger partial charge is 0.508 e. The maximum absolute atomic E-state index is 12.5. The molecule has 1 aliphatic heterocycles. The zero-order chi connectivity index (χ0) is 21.3. The number of aromatic nitrogens is 4. The van der Waals surface area contributed by atoms with Crippen molar-refractivity contribution in [1.29, 1.82) is 0 Å². The number of hydrogen-bond donors (Lipinski definition) is 2. The summed E-state index contributed by atoms with van der Waals surface area (Å²) in [4.78, 5) is 34.5. The summed E-state index contributed by atoms with van der Waals surface area (Å²) >= 11 is 0. The van der Waals surface area contributed by atoms with Gasteiger partial charge in [0.1, 0.15) is 17.2 Å². The zero-order valence-corrected chi connectivity index (χ0v) is 16.5. The molecule has 2 amide bonds. The standard InChI is InChI=1S/C20H20N6O4/c1-12-6-17(24-25(12)2)23-19(28)13-7-14(27)9-15(8-13)30-18-11-21-16(10-22-18)20(29)26-4-3-5-26/h6-11,27H,3-5H2,1-2H3,(H,23,24,28). The molecule has 1 aliphatic rings. The maximum Gasteiger partial charge on any atom is 0.274 e. The first-order valence-corrected chi connectivity index (χ1v) is 9.34. The molecule has 2 aromatic heterocycles. The number of hydrogen-bond acceptors (Lipinski definition) is 7. The molecule has 2 N–H and O–H groups in total. The van der Waals surface area contributed by atoms with Crippen molar-refractivity contribution in [2.45, 2.75) is 13.3 Å². The third-order valence-electron chi connectivity index (χ3n) is 4.72. The van der Waals surface area contributed by atoms with Crippen molar-refractivity contribution in [3.63, 3.8) is 0 Å². The van der Waals surface area contributed by atoms with Gasteiger partial charge in [0.15, 0.2) is 5.82 Å². The first-order chi connectivity index (χ1) is 14.4. The first-order valence-electron chi connectivity index (χ1n) is 9.34. The van der Waals surface area contributed by atoms with E-state index < -0.39 is 5.91 Å². The number of amides is 2. The van der Waals surface area contributed by atoms with E-state index in [4.69, 9.17) is 4.74 Å². The Balaban J connectivity index is 1.47. The minimum Gasteiger partial charge on any atom is -0.508 e. The van der Waals surface area contributed by atoms with Crippen molar-refractivity contribution >= 4 is 17.6 Å². The Morgan fingerprint density at radius 2 is 1.93 bits per heavy atom. The number of anilines is 1. The second-order valence-corrected chi connectivity index (χ2v) is 6.95. The van der Waals surface area contributed by atoms with E-state index in [0.717, 1.165) is 25.2 Å². The lowest BCUT2D eigenvalue weighted by molar-refractivity contribution is 0.0645. The molecule has 3 aromatic rings. The van der Waals surface area contributed by atoms with E-state index in [9.17, 15) is 14.7 Å². The highest BCUT2D eigenvalue weighted by Crippen LogP contribution is 2.26. The van der Waals surface area contributed by atoms with Gasteiger partial charge in [-0.15, -0.1) is 0 Å². The van der Waals surface area contributed by atoms with Crippen LogP contribution in [0.25, 0.3) is 0 Å². The van der Waals surface area contributed by atoms with E-state index in [2.05, 4.69) is 20.4 Å². The highest BCUT2D eigenvalue weighted by Gasteiger charge is 2.23. The van der Waals surface area contributed by atoms with Gasteiger partial charge in [0.05, 0.1) is 12.4 Å². The molecule has 1 fully saturated rings. The summed E-state index contributed by atoms with van der Waals surface area (Å²) in [6, 6.07) is 5.86. The van der Waals surface area contributed by atoms with E-state index in [-0.39, 0.29) is 34.5 Å². The molecule has 0 aliphatic carbocycles. The summed E-state index contributed by atoms with van der Waals surface area (Å²) in [5.41, 5.74) is 1.31. The Labute approximate surface area is 172 Å². The third kappa shape index (κ3) is 4.07. The summed E-state index contributed by atoms with van der Waals surface area (Å²) < 4.78 is 7.24. The number of nitrogens with one attached hydrogen (secondary N) is 1. The lowest BCUT2D eigenvalue weighted by Gasteiger charge is -2.30. The number of nitrogens with zero attached hydrogens (tertiary/aromatic N) is 5. The predicted molar refractivity (Wildman–Crippen MR) is 107 cm³/mol. The molecular weight excluding hydrogens is 388 g/mol. The minimum atomic E-state index is -0.449. The second kappa shape index (κ2) is 7.82. The zero-order valence-electron chi connectivity index (χ0n) is 16.5. The molecule has 0 radical (unpaired) electrons. The number of phenolic OH excluding ortho intramolecular Hbond substituents is 1. The molecule has 154 valence electrons. The molecule has 1 saturated heterocycles. The predicted octanol–water partition coefficient (Wildman–Crippen LogP) is 2.11. The van der Waals surface area contributed by atoms with Gasteiger partial charge >= 0.3 is 0 Å². The molecule has 3 heterocycles. The number of aryl methyl sites for hydroxylation is 2. The Bertz CT molecular complexity index is 1090. The van der Waals surface area contributed by atoms with E-state index in [0.29, 0.717) is 5.82 Å². The van der Waals surface area contributed by atoms with Crippen LogP contribution in [0.1, 0.15) is 33.0 Å². The average Bonchev–Trinajstić information content (AvgIpc) is 2.97. The number of carbonyl (C=O) groups is 2. The maximum atomic E-state index is 12.5. The van der Waals surface area contributed by atoms with Gasteiger partial charge in [0, 0.05) is 43.5 Å². The Morgan fingerprint density at radius 1 is 1.13 bits per heavy atom. The van der Waals surface area contributed by atoms with Crippen LogP contribution in [0.15, 0.2) is 36.7 Å². The van der Waals surface area contributed by atoms with Crippen molar-refractivity contribution in [3.05, 3.63) is 53.6 Å². The first kappa shape index (κ1) is 19.4. The molecule has 0 spiro atoms. The number of aromatic hydroxyl groups is 1. The van der Waals surface area contributed by atoms with Gasteiger partial charge in [-0.25, -0.2) is 9.97 Å². The van der Waals surface area contributed by atoms with Crippen LogP contribution >= 0.6 is 0 Å². The molecular formula is C20H20N6O4. The molecule has 0 atom stereocenters. The fraction of sp³-hybridized carbons (Fsp3) is 0.250.